The zero-order valence-corrected chi connectivity index (χ0v) is 13.8. The van der Waals surface area contributed by atoms with Gasteiger partial charge in [-0.25, -0.2) is 8.93 Å². The highest BCUT2D eigenvalue weighted by Gasteiger charge is 2.28. The molecule has 1 saturated carbocycles. The molecule has 0 aliphatic heterocycles. The normalized spacial score (nSPS) is 18.6. The summed E-state index contributed by atoms with van der Waals surface area (Å²) < 4.78 is 20.6. The molecule has 1 N–H and O–H groups in total. The third-order valence-electron chi connectivity index (χ3n) is 3.61. The molecule has 4 heteroatoms. The fourth-order valence-corrected chi connectivity index (χ4v) is 2.95. The zero-order valence-electron chi connectivity index (χ0n) is 13.0. The quantitative estimate of drug-likeness (QED) is 0.900. The highest BCUT2D eigenvalue weighted by molar-refractivity contribution is 7.84. The van der Waals surface area contributed by atoms with Crippen molar-refractivity contribution in [1.29, 1.82) is 0 Å². The van der Waals surface area contributed by atoms with Crippen molar-refractivity contribution >= 4 is 11.0 Å². The topological polar surface area (TPSA) is 38.3 Å². The second-order valence-corrected chi connectivity index (χ2v) is 8.49. The van der Waals surface area contributed by atoms with Gasteiger partial charge in [-0.15, -0.1) is 0 Å². The molecule has 2 atom stereocenters. The van der Waals surface area contributed by atoms with Crippen molar-refractivity contribution in [3.63, 3.8) is 0 Å². The average Bonchev–Trinajstić information content (AvgIpc) is 3.21. The number of ether oxygens (including phenoxy) is 1. The molecule has 1 fully saturated rings. The van der Waals surface area contributed by atoms with Gasteiger partial charge >= 0.3 is 0 Å². The first kappa shape index (κ1) is 15.5. The summed E-state index contributed by atoms with van der Waals surface area (Å²) in [6.07, 6.45) is 2.49. The Labute approximate surface area is 124 Å². The molecule has 2 rings (SSSR count). The van der Waals surface area contributed by atoms with Gasteiger partial charge in [0.1, 0.15) is 5.75 Å². The van der Waals surface area contributed by atoms with Crippen LogP contribution in [-0.4, -0.2) is 16.1 Å². The zero-order chi connectivity index (χ0) is 14.9. The maximum absolute atomic E-state index is 12.2. The minimum absolute atomic E-state index is 0.0680. The SMILES string of the molecule is COc1ccc(C(C)NS(=O)C(C)(C)C)cc1C1CC1. The molecule has 0 spiro atoms. The van der Waals surface area contributed by atoms with Crippen LogP contribution < -0.4 is 9.46 Å². The van der Waals surface area contributed by atoms with Gasteiger partial charge in [0.2, 0.25) is 0 Å². The van der Waals surface area contributed by atoms with Crippen LogP contribution in [0.5, 0.6) is 5.75 Å². The molecule has 0 radical (unpaired) electrons. The summed E-state index contributed by atoms with van der Waals surface area (Å²) in [6.45, 7) is 7.99. The number of hydrogen-bond acceptors (Lipinski definition) is 2. The molecule has 1 aromatic carbocycles. The molecule has 1 aliphatic rings. The molecule has 112 valence electrons. The van der Waals surface area contributed by atoms with Crippen molar-refractivity contribution in [2.75, 3.05) is 7.11 Å². The number of rotatable bonds is 5. The van der Waals surface area contributed by atoms with Gasteiger partial charge in [-0.3, -0.25) is 0 Å². The van der Waals surface area contributed by atoms with Crippen molar-refractivity contribution < 1.29 is 8.95 Å². The van der Waals surface area contributed by atoms with Gasteiger partial charge in [-0.1, -0.05) is 12.1 Å². The Hall–Kier alpha value is -0.870. The van der Waals surface area contributed by atoms with Gasteiger partial charge in [-0.05, 0) is 63.6 Å². The molecule has 1 aliphatic carbocycles. The predicted molar refractivity (Wildman–Crippen MR) is 84.4 cm³/mol. The van der Waals surface area contributed by atoms with Crippen LogP contribution in [0.15, 0.2) is 18.2 Å². The van der Waals surface area contributed by atoms with E-state index in [-0.39, 0.29) is 10.8 Å². The maximum Gasteiger partial charge on any atom is 0.122 e. The lowest BCUT2D eigenvalue weighted by molar-refractivity contribution is 0.409. The third kappa shape index (κ3) is 3.61. The molecule has 0 aromatic heterocycles. The lowest BCUT2D eigenvalue weighted by Crippen LogP contribution is -2.34. The predicted octanol–water partition coefficient (Wildman–Crippen LogP) is 3.69. The fourth-order valence-electron chi connectivity index (χ4n) is 2.14. The highest BCUT2D eigenvalue weighted by atomic mass is 32.2. The van der Waals surface area contributed by atoms with E-state index in [2.05, 4.69) is 23.8 Å². The van der Waals surface area contributed by atoms with Gasteiger partial charge in [0.15, 0.2) is 0 Å². The van der Waals surface area contributed by atoms with Crippen molar-refractivity contribution in [1.82, 2.24) is 4.72 Å². The van der Waals surface area contributed by atoms with Gasteiger partial charge in [0.25, 0.3) is 0 Å². The van der Waals surface area contributed by atoms with Crippen molar-refractivity contribution in [3.05, 3.63) is 29.3 Å². The first-order valence-electron chi connectivity index (χ1n) is 7.19. The molecule has 20 heavy (non-hydrogen) atoms. The molecular formula is C16H25NO2S. The lowest BCUT2D eigenvalue weighted by Gasteiger charge is -2.22. The summed E-state index contributed by atoms with van der Waals surface area (Å²) in [5.74, 6) is 1.62. The second-order valence-electron chi connectivity index (χ2n) is 6.50. The standard InChI is InChI=1S/C16H25NO2S/c1-11(17-20(18)16(2,3)4)13-8-9-15(19-5)14(10-13)12-6-7-12/h8-12,17H,6-7H2,1-5H3. The summed E-state index contributed by atoms with van der Waals surface area (Å²) >= 11 is 0. The fraction of sp³-hybridized carbons (Fsp3) is 0.625. The van der Waals surface area contributed by atoms with Crippen LogP contribution in [0.25, 0.3) is 0 Å². The first-order chi connectivity index (χ1) is 9.32. The Morgan fingerprint density at radius 3 is 2.50 bits per heavy atom. The molecule has 0 bridgehead atoms. The number of benzene rings is 1. The number of hydrogen-bond donors (Lipinski definition) is 1. The maximum atomic E-state index is 12.2. The van der Waals surface area contributed by atoms with Crippen LogP contribution in [0.3, 0.4) is 0 Å². The molecule has 0 saturated heterocycles. The molecule has 0 heterocycles. The van der Waals surface area contributed by atoms with E-state index in [9.17, 15) is 4.21 Å². The van der Waals surface area contributed by atoms with Gasteiger partial charge < -0.3 is 4.74 Å². The summed E-state index contributed by atoms with van der Waals surface area (Å²) in [5.41, 5.74) is 2.46. The Balaban J connectivity index is 2.16. The Kier molecular flexibility index (Phi) is 4.55. The summed E-state index contributed by atoms with van der Waals surface area (Å²) in [5, 5.41) is 0. The molecule has 0 amide bonds. The minimum atomic E-state index is -1.06. The van der Waals surface area contributed by atoms with E-state index in [1.165, 1.54) is 24.0 Å². The molecule has 1 aromatic rings. The summed E-state index contributed by atoms with van der Waals surface area (Å²) in [7, 11) is 0.661. The average molecular weight is 295 g/mol. The first-order valence-corrected chi connectivity index (χ1v) is 8.34. The largest absolute Gasteiger partial charge is 0.496 e. The van der Waals surface area contributed by atoms with Crippen molar-refractivity contribution in [3.8, 4) is 5.75 Å². The van der Waals surface area contributed by atoms with E-state index in [4.69, 9.17) is 4.74 Å². The molecular weight excluding hydrogens is 270 g/mol. The molecule has 2 unspecified atom stereocenters. The van der Waals surface area contributed by atoms with Crippen molar-refractivity contribution in [2.45, 2.75) is 57.2 Å². The number of methoxy groups -OCH3 is 1. The van der Waals surface area contributed by atoms with Gasteiger partial charge in [0, 0.05) is 6.04 Å². The molecule has 3 nitrogen and oxygen atoms in total. The van der Waals surface area contributed by atoms with Crippen LogP contribution in [0.1, 0.15) is 63.6 Å². The highest BCUT2D eigenvalue weighted by Crippen LogP contribution is 2.45. The number of nitrogens with one attached hydrogen (secondary N) is 1. The van der Waals surface area contributed by atoms with Crippen LogP contribution in [-0.2, 0) is 11.0 Å². The Morgan fingerprint density at radius 1 is 1.35 bits per heavy atom. The summed E-state index contributed by atoms with van der Waals surface area (Å²) in [4.78, 5) is 0. The van der Waals surface area contributed by atoms with Crippen LogP contribution >= 0.6 is 0 Å². The summed E-state index contributed by atoms with van der Waals surface area (Å²) in [6, 6.07) is 6.36. The van der Waals surface area contributed by atoms with E-state index in [1.54, 1.807) is 7.11 Å². The monoisotopic (exact) mass is 295 g/mol. The second kappa shape index (κ2) is 5.86. The van der Waals surface area contributed by atoms with E-state index < -0.39 is 11.0 Å². The van der Waals surface area contributed by atoms with E-state index >= 15 is 0 Å². The van der Waals surface area contributed by atoms with Crippen LogP contribution in [0.4, 0.5) is 0 Å². The Bertz CT molecular complexity index is 504. The van der Waals surface area contributed by atoms with Crippen LogP contribution in [0.2, 0.25) is 0 Å². The van der Waals surface area contributed by atoms with E-state index in [1.807, 2.05) is 26.8 Å². The van der Waals surface area contributed by atoms with E-state index in [0.29, 0.717) is 5.92 Å². The van der Waals surface area contributed by atoms with E-state index in [0.717, 1.165) is 5.75 Å². The lowest BCUT2D eigenvalue weighted by atomic mass is 10.0. The van der Waals surface area contributed by atoms with Crippen LogP contribution in [0, 0.1) is 0 Å². The Morgan fingerprint density at radius 2 is 2.00 bits per heavy atom. The van der Waals surface area contributed by atoms with Crippen molar-refractivity contribution in [2.24, 2.45) is 0 Å². The smallest absolute Gasteiger partial charge is 0.122 e. The van der Waals surface area contributed by atoms with Gasteiger partial charge in [0.05, 0.1) is 22.8 Å². The minimum Gasteiger partial charge on any atom is -0.496 e. The van der Waals surface area contributed by atoms with Gasteiger partial charge in [-0.2, -0.15) is 0 Å². The third-order valence-corrected chi connectivity index (χ3v) is 5.29.